The highest BCUT2D eigenvalue weighted by Crippen LogP contribution is 2.12. The summed E-state index contributed by atoms with van der Waals surface area (Å²) in [5, 5.41) is 9.60. The fraction of sp³-hybridized carbons (Fsp3) is 0.636. The lowest BCUT2D eigenvalue weighted by molar-refractivity contribution is -0.161. The van der Waals surface area contributed by atoms with Gasteiger partial charge in [-0.1, -0.05) is 200 Å². The van der Waals surface area contributed by atoms with Gasteiger partial charge in [0.15, 0.2) is 6.10 Å². The number of hydrogen-bond donors (Lipinski definition) is 1. The lowest BCUT2D eigenvalue weighted by atomic mass is 10.1. The zero-order valence-corrected chi connectivity index (χ0v) is 38.7. The van der Waals surface area contributed by atoms with Crippen LogP contribution in [0.4, 0.5) is 0 Å². The fourth-order valence-electron chi connectivity index (χ4n) is 6.39. The number of esters is 2. The van der Waals surface area contributed by atoms with Gasteiger partial charge >= 0.3 is 11.9 Å². The summed E-state index contributed by atoms with van der Waals surface area (Å²) < 4.78 is 10.6. The molecule has 0 aromatic rings. The van der Waals surface area contributed by atoms with Gasteiger partial charge in [-0.3, -0.25) is 9.59 Å². The van der Waals surface area contributed by atoms with Crippen molar-refractivity contribution in [2.45, 2.75) is 213 Å². The fourth-order valence-corrected chi connectivity index (χ4v) is 6.39. The minimum Gasteiger partial charge on any atom is -0.462 e. The number of hydrogen-bond acceptors (Lipinski definition) is 5. The predicted octanol–water partition coefficient (Wildman–Crippen LogP) is 16.2. The van der Waals surface area contributed by atoms with Crippen LogP contribution in [0.1, 0.15) is 206 Å². The summed E-state index contributed by atoms with van der Waals surface area (Å²) in [7, 11) is 0. The molecule has 0 aliphatic rings. The van der Waals surface area contributed by atoms with E-state index in [0.717, 1.165) is 103 Å². The zero-order chi connectivity index (χ0) is 43.5. The Morgan fingerprint density at radius 3 is 1.10 bits per heavy atom. The Balaban J connectivity index is 3.64. The summed E-state index contributed by atoms with van der Waals surface area (Å²) in [6.45, 7) is 3.99. The van der Waals surface area contributed by atoms with E-state index in [9.17, 15) is 14.7 Å². The highest BCUT2D eigenvalue weighted by Gasteiger charge is 2.16. The van der Waals surface area contributed by atoms with Crippen molar-refractivity contribution >= 4 is 11.9 Å². The van der Waals surface area contributed by atoms with E-state index >= 15 is 0 Å². The molecule has 0 fully saturated rings. The molecule has 0 aliphatic carbocycles. The molecule has 5 nitrogen and oxygen atoms in total. The van der Waals surface area contributed by atoms with Gasteiger partial charge in [-0.15, -0.1) is 0 Å². The summed E-state index contributed by atoms with van der Waals surface area (Å²) in [5.74, 6) is -0.624. The molecule has 0 bridgehead atoms. The van der Waals surface area contributed by atoms with Gasteiger partial charge in [0.2, 0.25) is 0 Å². The van der Waals surface area contributed by atoms with Crippen LogP contribution in [-0.4, -0.2) is 36.4 Å². The standard InChI is InChI=1S/C55H90O5/c1-3-5-7-9-11-13-15-17-19-20-21-22-23-24-25-26-27-28-29-30-31-32-33-34-36-38-40-42-44-46-48-50-55(58)60-53(51-56)52-59-54(57)49-47-45-43-41-39-37-35-18-16-14-12-10-8-6-4-2/h5,7,11,13,17-19,21-22,24-25,27-28,30-31,33-35,53,56H,3-4,6,8-10,12,14-16,20,23,26,29,32,36-52H2,1-2H3/b7-5-,13-11-,19-17-,22-21-,25-24-,28-27-,31-30-,34-33-,35-18-. The second-order valence-corrected chi connectivity index (χ2v) is 15.8. The van der Waals surface area contributed by atoms with Crippen molar-refractivity contribution in [2.24, 2.45) is 0 Å². The van der Waals surface area contributed by atoms with Gasteiger partial charge in [0.1, 0.15) is 6.61 Å². The summed E-state index contributed by atoms with van der Waals surface area (Å²) >= 11 is 0. The van der Waals surface area contributed by atoms with E-state index < -0.39 is 6.10 Å². The highest BCUT2D eigenvalue weighted by atomic mass is 16.6. The largest absolute Gasteiger partial charge is 0.462 e. The second kappa shape index (κ2) is 49.9. The number of ether oxygens (including phenoxy) is 2. The highest BCUT2D eigenvalue weighted by molar-refractivity contribution is 5.70. The molecule has 5 heteroatoms. The maximum absolute atomic E-state index is 12.2. The summed E-state index contributed by atoms with van der Waals surface area (Å²) in [6, 6.07) is 0. The van der Waals surface area contributed by atoms with Crippen molar-refractivity contribution in [3.05, 3.63) is 109 Å². The van der Waals surface area contributed by atoms with E-state index in [4.69, 9.17) is 9.47 Å². The Bertz CT molecular complexity index is 1210. The number of rotatable bonds is 43. The van der Waals surface area contributed by atoms with E-state index in [0.29, 0.717) is 12.8 Å². The first-order chi connectivity index (χ1) is 29.6. The molecule has 0 spiro atoms. The minimum atomic E-state index is -0.790. The average Bonchev–Trinajstić information content (AvgIpc) is 3.25. The average molecular weight is 831 g/mol. The molecule has 0 saturated heterocycles. The monoisotopic (exact) mass is 831 g/mol. The molecule has 0 heterocycles. The van der Waals surface area contributed by atoms with Crippen molar-refractivity contribution in [1.29, 1.82) is 0 Å². The van der Waals surface area contributed by atoms with E-state index in [1.54, 1.807) is 0 Å². The van der Waals surface area contributed by atoms with Crippen LogP contribution in [0.2, 0.25) is 0 Å². The molecule has 0 aliphatic heterocycles. The molecular weight excluding hydrogens is 741 g/mol. The maximum Gasteiger partial charge on any atom is 0.306 e. The topological polar surface area (TPSA) is 72.8 Å². The Morgan fingerprint density at radius 1 is 0.400 bits per heavy atom. The van der Waals surface area contributed by atoms with E-state index in [-0.39, 0.29) is 25.2 Å². The van der Waals surface area contributed by atoms with E-state index in [1.165, 1.54) is 77.0 Å². The molecule has 0 aromatic heterocycles. The lowest BCUT2D eigenvalue weighted by Gasteiger charge is -2.15. The van der Waals surface area contributed by atoms with Crippen LogP contribution in [0, 0.1) is 0 Å². The third-order valence-corrected chi connectivity index (χ3v) is 10.1. The molecule has 0 aromatic carbocycles. The third kappa shape index (κ3) is 47.2. The normalized spacial score (nSPS) is 13.2. The van der Waals surface area contributed by atoms with Gasteiger partial charge < -0.3 is 14.6 Å². The molecule has 60 heavy (non-hydrogen) atoms. The van der Waals surface area contributed by atoms with E-state index in [2.05, 4.69) is 123 Å². The van der Waals surface area contributed by atoms with Crippen molar-refractivity contribution in [3.8, 4) is 0 Å². The second-order valence-electron chi connectivity index (χ2n) is 15.8. The predicted molar refractivity (Wildman–Crippen MR) is 260 cm³/mol. The lowest BCUT2D eigenvalue weighted by Crippen LogP contribution is -2.28. The molecule has 340 valence electrons. The van der Waals surface area contributed by atoms with Crippen LogP contribution in [0.3, 0.4) is 0 Å². The minimum absolute atomic E-state index is 0.0821. The summed E-state index contributed by atoms with van der Waals surface area (Å²) in [6.07, 6.45) is 71.7. The van der Waals surface area contributed by atoms with Crippen LogP contribution < -0.4 is 0 Å². The first-order valence-electron chi connectivity index (χ1n) is 24.4. The first-order valence-corrected chi connectivity index (χ1v) is 24.4. The molecule has 1 N–H and O–H groups in total. The molecule has 1 unspecified atom stereocenters. The van der Waals surface area contributed by atoms with Crippen LogP contribution in [0.15, 0.2) is 109 Å². The van der Waals surface area contributed by atoms with Crippen molar-refractivity contribution < 1.29 is 24.2 Å². The smallest absolute Gasteiger partial charge is 0.306 e. The molecule has 0 saturated carbocycles. The van der Waals surface area contributed by atoms with Crippen molar-refractivity contribution in [1.82, 2.24) is 0 Å². The molecule has 0 rings (SSSR count). The first kappa shape index (κ1) is 56.6. The van der Waals surface area contributed by atoms with Gasteiger partial charge in [-0.05, 0) is 103 Å². The van der Waals surface area contributed by atoms with Crippen LogP contribution in [0.25, 0.3) is 0 Å². The van der Waals surface area contributed by atoms with Crippen molar-refractivity contribution in [3.63, 3.8) is 0 Å². The Kier molecular flexibility index (Phi) is 47.1. The summed E-state index contributed by atoms with van der Waals surface area (Å²) in [5.41, 5.74) is 0. The van der Waals surface area contributed by atoms with Crippen LogP contribution in [-0.2, 0) is 19.1 Å². The maximum atomic E-state index is 12.2. The number of aliphatic hydroxyl groups excluding tert-OH is 1. The molecular formula is C55H90O5. The van der Waals surface area contributed by atoms with Gasteiger partial charge in [0, 0.05) is 12.8 Å². The molecule has 1 atom stereocenters. The SMILES string of the molecule is CC/C=C\C/C=C\C/C=C\C/C=C\C/C=C\C/C=C\C/C=C\C/C=C\CCCCCCCCC(=O)OC(CO)COC(=O)CCCCCCC/C=C\CCCCCCCC. The van der Waals surface area contributed by atoms with Gasteiger partial charge in [-0.25, -0.2) is 0 Å². The van der Waals surface area contributed by atoms with Gasteiger partial charge in [0.25, 0.3) is 0 Å². The number of allylic oxidation sites excluding steroid dienone is 18. The Hall–Kier alpha value is -3.44. The number of aliphatic hydroxyl groups is 1. The quantitative estimate of drug-likeness (QED) is 0.0376. The Morgan fingerprint density at radius 2 is 0.717 bits per heavy atom. The van der Waals surface area contributed by atoms with E-state index in [1.807, 2.05) is 0 Å². The van der Waals surface area contributed by atoms with Crippen LogP contribution in [0.5, 0.6) is 0 Å². The summed E-state index contributed by atoms with van der Waals surface area (Å²) in [4.78, 5) is 24.4. The number of unbranched alkanes of at least 4 members (excludes halogenated alkanes) is 17. The third-order valence-electron chi connectivity index (χ3n) is 10.1. The number of carbonyl (C=O) groups is 2. The number of carbonyl (C=O) groups excluding carboxylic acids is 2. The molecule has 0 radical (unpaired) electrons. The zero-order valence-electron chi connectivity index (χ0n) is 38.7. The Labute approximate surface area is 370 Å². The van der Waals surface area contributed by atoms with Gasteiger partial charge in [-0.2, -0.15) is 0 Å². The van der Waals surface area contributed by atoms with Crippen molar-refractivity contribution in [2.75, 3.05) is 13.2 Å². The van der Waals surface area contributed by atoms with Crippen LogP contribution >= 0.6 is 0 Å². The molecule has 0 amide bonds. The van der Waals surface area contributed by atoms with Gasteiger partial charge in [0.05, 0.1) is 6.61 Å².